The molecule has 2 aliphatic heterocycles. The van der Waals surface area contributed by atoms with E-state index in [1.54, 1.807) is 24.3 Å². The minimum Gasteiger partial charge on any atom is -0.420 e. The van der Waals surface area contributed by atoms with Crippen LogP contribution in [0.5, 0.6) is 5.88 Å². The number of fused-ring (bicyclic) bond motifs is 4. The molecule has 132 valence electrons. The van der Waals surface area contributed by atoms with Crippen molar-refractivity contribution in [3.63, 3.8) is 0 Å². The molecule has 10 heteroatoms. The fourth-order valence-electron chi connectivity index (χ4n) is 3.60. The molecule has 3 heterocycles. The highest BCUT2D eigenvalue weighted by molar-refractivity contribution is 6.14. The van der Waals surface area contributed by atoms with E-state index in [1.165, 1.54) is 18.0 Å². The molecule has 7 nitrogen and oxygen atoms in total. The molecule has 0 bridgehead atoms. The predicted molar refractivity (Wildman–Crippen MR) is 81.7 cm³/mol. The van der Waals surface area contributed by atoms with Gasteiger partial charge < -0.3 is 15.4 Å². The summed E-state index contributed by atoms with van der Waals surface area (Å²) in [6.45, 7) is 0. The number of nitrogens with zero attached hydrogens (tertiary/aromatic N) is 3. The third-order valence-electron chi connectivity index (χ3n) is 4.63. The number of carbonyl (C=O) groups excluding carboxylic acids is 1. The summed E-state index contributed by atoms with van der Waals surface area (Å²) in [4.78, 5) is 14.4. The summed E-state index contributed by atoms with van der Waals surface area (Å²) in [5.41, 5.74) is 2.06. The van der Waals surface area contributed by atoms with Crippen molar-refractivity contribution in [1.82, 2.24) is 10.2 Å². The van der Waals surface area contributed by atoms with Gasteiger partial charge in [0.2, 0.25) is 17.7 Å². The van der Waals surface area contributed by atoms with Gasteiger partial charge in [0.15, 0.2) is 0 Å². The lowest BCUT2D eigenvalue weighted by Crippen LogP contribution is -2.45. The van der Waals surface area contributed by atoms with Crippen molar-refractivity contribution in [2.45, 2.75) is 11.6 Å². The van der Waals surface area contributed by atoms with Crippen molar-refractivity contribution in [1.29, 1.82) is 5.26 Å². The van der Waals surface area contributed by atoms with E-state index in [4.69, 9.17) is 10.5 Å². The normalized spacial score (nSPS) is 21.5. The molecule has 26 heavy (non-hydrogen) atoms. The molecular formula is C16H10F3N5O2. The van der Waals surface area contributed by atoms with Crippen LogP contribution in [-0.4, -0.2) is 23.2 Å². The largest absolute Gasteiger partial charge is 0.433 e. The fourth-order valence-corrected chi connectivity index (χ4v) is 3.60. The van der Waals surface area contributed by atoms with Crippen LogP contribution in [0.3, 0.4) is 0 Å². The Morgan fingerprint density at radius 3 is 2.73 bits per heavy atom. The first kappa shape index (κ1) is 16.0. The molecule has 0 aliphatic carbocycles. The van der Waals surface area contributed by atoms with Crippen molar-refractivity contribution in [2.24, 2.45) is 5.73 Å². The lowest BCUT2D eigenvalue weighted by atomic mass is 9.69. The van der Waals surface area contributed by atoms with Gasteiger partial charge in [0, 0.05) is 18.3 Å². The number of aromatic nitrogens is 2. The van der Waals surface area contributed by atoms with Gasteiger partial charge >= 0.3 is 6.18 Å². The van der Waals surface area contributed by atoms with Crippen LogP contribution >= 0.6 is 0 Å². The van der Waals surface area contributed by atoms with Crippen LogP contribution in [0.4, 0.5) is 18.9 Å². The highest BCUT2D eigenvalue weighted by atomic mass is 19.4. The highest BCUT2D eigenvalue weighted by Gasteiger charge is 2.62. The summed E-state index contributed by atoms with van der Waals surface area (Å²) in [7, 11) is 1.42. The van der Waals surface area contributed by atoms with Gasteiger partial charge in [-0.05, 0) is 6.07 Å². The summed E-state index contributed by atoms with van der Waals surface area (Å²) in [6.07, 6.45) is -4.85. The number of nitrogens with one attached hydrogen (secondary N) is 1. The van der Waals surface area contributed by atoms with Crippen molar-refractivity contribution in [3.05, 3.63) is 52.5 Å². The zero-order valence-corrected chi connectivity index (χ0v) is 13.2. The average Bonchev–Trinajstić information content (AvgIpc) is 3.10. The smallest absolute Gasteiger partial charge is 0.420 e. The maximum absolute atomic E-state index is 13.6. The van der Waals surface area contributed by atoms with Crippen LogP contribution < -0.4 is 15.4 Å². The van der Waals surface area contributed by atoms with Gasteiger partial charge in [0.05, 0.1) is 5.56 Å². The van der Waals surface area contributed by atoms with Crippen LogP contribution in [0.15, 0.2) is 35.7 Å². The van der Waals surface area contributed by atoms with E-state index in [-0.39, 0.29) is 5.56 Å². The minimum absolute atomic E-state index is 0.212. The molecule has 2 aliphatic rings. The number of likely N-dealkylation sites (N-methyl/N-ethyl adjacent to an activating group) is 1. The molecule has 1 amide bonds. The number of ether oxygens (including phenoxy) is 1. The fraction of sp³-hybridized carbons (Fsp3) is 0.188. The maximum atomic E-state index is 13.6. The number of carbonyl (C=O) groups is 1. The van der Waals surface area contributed by atoms with E-state index in [9.17, 15) is 23.2 Å². The van der Waals surface area contributed by atoms with Crippen LogP contribution in [0, 0.1) is 11.3 Å². The third-order valence-corrected chi connectivity index (χ3v) is 4.63. The molecule has 4 rings (SSSR count). The number of alkyl halides is 3. The molecular weight excluding hydrogens is 351 g/mol. The first-order chi connectivity index (χ1) is 12.2. The number of para-hydroxylation sites is 1. The zero-order valence-electron chi connectivity index (χ0n) is 13.2. The van der Waals surface area contributed by atoms with E-state index < -0.39 is 46.1 Å². The topological polar surface area (TPSA) is 108 Å². The van der Waals surface area contributed by atoms with Crippen molar-refractivity contribution >= 4 is 11.6 Å². The van der Waals surface area contributed by atoms with E-state index in [2.05, 4.69) is 5.10 Å². The van der Waals surface area contributed by atoms with E-state index in [0.717, 1.165) is 0 Å². The molecule has 1 unspecified atom stereocenters. The lowest BCUT2D eigenvalue weighted by Gasteiger charge is -2.32. The zero-order chi connectivity index (χ0) is 18.9. The SMILES string of the molecule is CN1C(=O)C2(C(C#N)=C(N)Oc3n[nH]c(C(F)(F)F)c32)c2ccccc21. The quantitative estimate of drug-likeness (QED) is 0.744. The summed E-state index contributed by atoms with van der Waals surface area (Å²) in [6, 6.07) is 8.04. The number of aromatic amines is 1. The van der Waals surface area contributed by atoms with Crippen LogP contribution in [-0.2, 0) is 16.4 Å². The molecule has 0 fully saturated rings. The molecule has 1 aromatic carbocycles. The van der Waals surface area contributed by atoms with Gasteiger partial charge in [-0.25, -0.2) is 0 Å². The molecule has 1 aromatic heterocycles. The number of anilines is 1. The Morgan fingerprint density at radius 1 is 1.38 bits per heavy atom. The molecule has 0 radical (unpaired) electrons. The van der Waals surface area contributed by atoms with Crippen LogP contribution in [0.2, 0.25) is 0 Å². The maximum Gasteiger partial charge on any atom is 0.433 e. The first-order valence-electron chi connectivity index (χ1n) is 7.36. The summed E-state index contributed by atoms with van der Waals surface area (Å²) >= 11 is 0. The van der Waals surface area contributed by atoms with Gasteiger partial charge in [-0.1, -0.05) is 18.2 Å². The number of nitriles is 1. The average molecular weight is 361 g/mol. The Hall–Kier alpha value is -3.48. The van der Waals surface area contributed by atoms with Gasteiger partial charge in [-0.2, -0.15) is 18.4 Å². The molecule has 2 aromatic rings. The Kier molecular flexibility index (Phi) is 2.95. The van der Waals surface area contributed by atoms with Crippen molar-refractivity contribution in [3.8, 4) is 11.9 Å². The molecule has 1 spiro atoms. The summed E-state index contributed by atoms with van der Waals surface area (Å²) in [5.74, 6) is -1.68. The Balaban J connectivity index is 2.20. The van der Waals surface area contributed by atoms with Gasteiger partial charge in [-0.3, -0.25) is 9.89 Å². The van der Waals surface area contributed by atoms with E-state index >= 15 is 0 Å². The molecule has 3 N–H and O–H groups in total. The van der Waals surface area contributed by atoms with Crippen LogP contribution in [0.25, 0.3) is 0 Å². The number of hydrogen-bond donors (Lipinski definition) is 2. The van der Waals surface area contributed by atoms with Gasteiger partial charge in [0.1, 0.15) is 22.8 Å². The Bertz CT molecular complexity index is 1030. The number of H-pyrrole nitrogens is 1. The van der Waals surface area contributed by atoms with E-state index in [0.29, 0.717) is 5.69 Å². The second-order valence-corrected chi connectivity index (χ2v) is 5.86. The van der Waals surface area contributed by atoms with Gasteiger partial charge in [-0.15, -0.1) is 5.10 Å². The van der Waals surface area contributed by atoms with Gasteiger partial charge in [0.25, 0.3) is 0 Å². The standard InChI is InChI=1S/C16H10F3N5O2/c1-24-9-5-3-2-4-7(9)15(14(24)25)8(6-20)12(21)26-13-10(15)11(22-23-13)16(17,18)19/h2-5H,21H2,1H3,(H,22,23). The predicted octanol–water partition coefficient (Wildman–Crippen LogP) is 1.78. The molecule has 0 saturated carbocycles. The Labute approximate surface area is 144 Å². The number of amides is 1. The Morgan fingerprint density at radius 2 is 2.08 bits per heavy atom. The first-order valence-corrected chi connectivity index (χ1v) is 7.36. The second-order valence-electron chi connectivity index (χ2n) is 5.86. The number of hydrogen-bond acceptors (Lipinski definition) is 5. The third kappa shape index (κ3) is 1.67. The molecule has 1 atom stereocenters. The van der Waals surface area contributed by atoms with Crippen molar-refractivity contribution < 1.29 is 22.7 Å². The van der Waals surface area contributed by atoms with Crippen LogP contribution in [0.1, 0.15) is 16.8 Å². The molecule has 0 saturated heterocycles. The summed E-state index contributed by atoms with van der Waals surface area (Å²) in [5, 5.41) is 15.0. The number of rotatable bonds is 0. The van der Waals surface area contributed by atoms with Crippen molar-refractivity contribution in [2.75, 3.05) is 11.9 Å². The number of nitrogens with two attached hydrogens (primary N) is 1. The monoisotopic (exact) mass is 361 g/mol. The lowest BCUT2D eigenvalue weighted by molar-refractivity contribution is -0.142. The minimum atomic E-state index is -4.85. The highest BCUT2D eigenvalue weighted by Crippen LogP contribution is 2.56. The number of halogens is 3. The second kappa shape index (κ2) is 4.78. The van der Waals surface area contributed by atoms with E-state index in [1.807, 2.05) is 5.10 Å². The summed E-state index contributed by atoms with van der Waals surface area (Å²) < 4.78 is 45.9. The number of benzene rings is 1.